The van der Waals surface area contributed by atoms with Gasteiger partial charge in [0, 0.05) is 37.1 Å². The molecule has 4 rings (SSSR count). The van der Waals surface area contributed by atoms with E-state index in [2.05, 4.69) is 10.2 Å². The van der Waals surface area contributed by atoms with Gasteiger partial charge in [0.25, 0.3) is 5.91 Å². The van der Waals surface area contributed by atoms with Gasteiger partial charge in [-0.2, -0.15) is 0 Å². The maximum Gasteiger partial charge on any atom is 0.254 e. The molecule has 0 unspecified atom stereocenters. The number of methoxy groups -OCH3 is 1. The van der Waals surface area contributed by atoms with Crippen molar-refractivity contribution < 1.29 is 14.3 Å². The van der Waals surface area contributed by atoms with E-state index < -0.39 is 11.9 Å². The second-order valence-corrected chi connectivity index (χ2v) is 9.07. The maximum absolute atomic E-state index is 12.9. The minimum atomic E-state index is -0.535. The lowest BCUT2D eigenvalue weighted by Crippen LogP contribution is -2.48. The number of nitrogens with zero attached hydrogens (tertiary/aromatic N) is 4. The third-order valence-corrected chi connectivity index (χ3v) is 6.26. The third kappa shape index (κ3) is 5.68. The summed E-state index contributed by atoms with van der Waals surface area (Å²) < 4.78 is 5.24. The lowest BCUT2D eigenvalue weighted by atomic mass is 10.0. The normalized spacial score (nSPS) is 15.3. The number of primary amides is 1. The predicted molar refractivity (Wildman–Crippen MR) is 135 cm³/mol. The molecule has 0 saturated carbocycles. The van der Waals surface area contributed by atoms with E-state index in [0.29, 0.717) is 55.7 Å². The first-order chi connectivity index (χ1) is 16.9. The molecule has 3 aromatic rings. The number of rotatable bonds is 8. The van der Waals surface area contributed by atoms with Crippen LogP contribution in [0.1, 0.15) is 30.0 Å². The van der Waals surface area contributed by atoms with Crippen LogP contribution in [-0.4, -0.2) is 70.9 Å². The fourth-order valence-corrected chi connectivity index (χ4v) is 4.27. The van der Waals surface area contributed by atoms with E-state index in [-0.39, 0.29) is 11.8 Å². The summed E-state index contributed by atoms with van der Waals surface area (Å²) in [5, 5.41) is 4.09. The van der Waals surface area contributed by atoms with E-state index in [1.807, 2.05) is 61.2 Å². The van der Waals surface area contributed by atoms with Gasteiger partial charge in [0.1, 0.15) is 23.4 Å². The molecule has 0 radical (unpaired) electrons. The number of aromatic nitrogens is 2. The third-order valence-electron chi connectivity index (χ3n) is 6.26. The molecule has 1 aliphatic heterocycles. The van der Waals surface area contributed by atoms with Crippen LogP contribution in [0.3, 0.4) is 0 Å². The molecule has 0 aliphatic carbocycles. The maximum atomic E-state index is 12.9. The molecule has 0 bridgehead atoms. The smallest absolute Gasteiger partial charge is 0.254 e. The molecule has 1 aliphatic rings. The van der Waals surface area contributed by atoms with Gasteiger partial charge in [-0.3, -0.25) is 14.5 Å². The van der Waals surface area contributed by atoms with Crippen LogP contribution in [0.4, 0.5) is 5.82 Å². The predicted octanol–water partition coefficient (Wildman–Crippen LogP) is 2.52. The van der Waals surface area contributed by atoms with Gasteiger partial charge in [-0.05, 0) is 36.2 Å². The van der Waals surface area contributed by atoms with Crippen LogP contribution in [0.2, 0.25) is 0 Å². The molecule has 2 aromatic carbocycles. The first-order valence-electron chi connectivity index (χ1n) is 11.8. The highest BCUT2D eigenvalue weighted by atomic mass is 16.5. The van der Waals surface area contributed by atoms with Gasteiger partial charge in [0.2, 0.25) is 5.91 Å². The van der Waals surface area contributed by atoms with E-state index in [1.165, 1.54) is 0 Å². The lowest BCUT2D eigenvalue weighted by molar-refractivity contribution is -0.119. The quantitative estimate of drug-likeness (QED) is 0.514. The fraction of sp³-hybridized carbons (Fsp3) is 0.385. The summed E-state index contributed by atoms with van der Waals surface area (Å²) in [5.74, 6) is 1.54. The number of piperazine rings is 1. The van der Waals surface area contributed by atoms with E-state index in [9.17, 15) is 9.59 Å². The molecule has 3 N–H and O–H groups in total. The molecule has 9 nitrogen and oxygen atoms in total. The van der Waals surface area contributed by atoms with Crippen molar-refractivity contribution in [3.8, 4) is 5.75 Å². The SMILES string of the molecule is COc1cccc(C(=O)N2CCN(Cc3nc(N[C@H](C(N)=O)C(C)C)c4ccccc4n3)CC2)c1. The van der Waals surface area contributed by atoms with E-state index in [0.717, 1.165) is 10.9 Å². The number of anilines is 1. The molecule has 1 saturated heterocycles. The molecule has 35 heavy (non-hydrogen) atoms. The van der Waals surface area contributed by atoms with Crippen molar-refractivity contribution in [3.63, 3.8) is 0 Å². The summed E-state index contributed by atoms with van der Waals surface area (Å²) in [5.41, 5.74) is 7.05. The Morgan fingerprint density at radius 2 is 1.80 bits per heavy atom. The Kier molecular flexibility index (Phi) is 7.45. The van der Waals surface area contributed by atoms with Crippen molar-refractivity contribution in [2.75, 3.05) is 38.6 Å². The molecule has 184 valence electrons. The zero-order valence-corrected chi connectivity index (χ0v) is 20.4. The molecule has 1 atom stereocenters. The number of amides is 2. The number of carbonyl (C=O) groups is 2. The average molecular weight is 477 g/mol. The van der Waals surface area contributed by atoms with E-state index in [1.54, 1.807) is 13.2 Å². The molecule has 0 spiro atoms. The van der Waals surface area contributed by atoms with Crippen LogP contribution in [0, 0.1) is 5.92 Å². The van der Waals surface area contributed by atoms with Crippen molar-refractivity contribution in [2.24, 2.45) is 11.7 Å². The van der Waals surface area contributed by atoms with Gasteiger partial charge in [0.05, 0.1) is 19.2 Å². The molecule has 9 heteroatoms. The zero-order chi connectivity index (χ0) is 24.9. The number of para-hydroxylation sites is 1. The topological polar surface area (TPSA) is 114 Å². The number of nitrogens with two attached hydrogens (primary N) is 1. The Morgan fingerprint density at radius 3 is 2.49 bits per heavy atom. The van der Waals surface area contributed by atoms with Crippen LogP contribution in [0.15, 0.2) is 48.5 Å². The Hall–Kier alpha value is -3.72. The largest absolute Gasteiger partial charge is 0.497 e. The van der Waals surface area contributed by atoms with Gasteiger partial charge in [0.15, 0.2) is 0 Å². The molecular weight excluding hydrogens is 444 g/mol. The monoisotopic (exact) mass is 476 g/mol. The van der Waals surface area contributed by atoms with Crippen molar-refractivity contribution in [1.82, 2.24) is 19.8 Å². The van der Waals surface area contributed by atoms with Gasteiger partial charge in [-0.15, -0.1) is 0 Å². The van der Waals surface area contributed by atoms with Crippen LogP contribution in [0.5, 0.6) is 5.75 Å². The highest BCUT2D eigenvalue weighted by Crippen LogP contribution is 2.23. The van der Waals surface area contributed by atoms with Crippen molar-refractivity contribution >= 4 is 28.5 Å². The Balaban J connectivity index is 1.46. The summed E-state index contributed by atoms with van der Waals surface area (Å²) in [6.45, 7) is 7.09. The number of benzene rings is 2. The van der Waals surface area contributed by atoms with Crippen molar-refractivity contribution in [1.29, 1.82) is 0 Å². The zero-order valence-electron chi connectivity index (χ0n) is 20.4. The average Bonchev–Trinajstić information content (AvgIpc) is 2.86. The van der Waals surface area contributed by atoms with Crippen LogP contribution in [0.25, 0.3) is 10.9 Å². The molecule has 1 aromatic heterocycles. The summed E-state index contributed by atoms with van der Waals surface area (Å²) in [7, 11) is 1.59. The summed E-state index contributed by atoms with van der Waals surface area (Å²) in [6.07, 6.45) is 0. The van der Waals surface area contributed by atoms with E-state index >= 15 is 0 Å². The molecule has 1 fully saturated rings. The number of hydrogen-bond donors (Lipinski definition) is 2. The number of hydrogen-bond acceptors (Lipinski definition) is 7. The first kappa shape index (κ1) is 24.4. The van der Waals surface area contributed by atoms with Gasteiger partial charge in [-0.25, -0.2) is 9.97 Å². The first-order valence-corrected chi connectivity index (χ1v) is 11.8. The Labute approximate surface area is 205 Å². The minimum Gasteiger partial charge on any atom is -0.497 e. The second kappa shape index (κ2) is 10.7. The summed E-state index contributed by atoms with van der Waals surface area (Å²) >= 11 is 0. The summed E-state index contributed by atoms with van der Waals surface area (Å²) in [6, 6.07) is 14.4. The summed E-state index contributed by atoms with van der Waals surface area (Å²) in [4.78, 5) is 38.5. The van der Waals surface area contributed by atoms with Gasteiger partial charge in [-0.1, -0.05) is 32.0 Å². The van der Waals surface area contributed by atoms with Crippen LogP contribution >= 0.6 is 0 Å². The van der Waals surface area contributed by atoms with Gasteiger partial charge >= 0.3 is 0 Å². The van der Waals surface area contributed by atoms with Crippen LogP contribution in [-0.2, 0) is 11.3 Å². The molecule has 2 amide bonds. The Morgan fingerprint density at radius 1 is 1.06 bits per heavy atom. The molecule has 2 heterocycles. The molecular formula is C26H32N6O3. The van der Waals surface area contributed by atoms with E-state index in [4.69, 9.17) is 20.4 Å². The lowest BCUT2D eigenvalue weighted by Gasteiger charge is -2.34. The number of carbonyl (C=O) groups excluding carboxylic acids is 2. The van der Waals surface area contributed by atoms with Crippen molar-refractivity contribution in [2.45, 2.75) is 26.4 Å². The minimum absolute atomic E-state index is 0.00294. The standard InChI is InChI=1S/C26H32N6O3/c1-17(2)23(24(27)33)30-25-20-9-4-5-10-21(20)28-22(29-25)16-31-11-13-32(14-12-31)26(34)18-7-6-8-19(15-18)35-3/h4-10,15,17,23H,11-14,16H2,1-3H3,(H2,27,33)(H,28,29,30)/t23-/m0/s1. The number of ether oxygens (including phenoxy) is 1. The second-order valence-electron chi connectivity index (χ2n) is 9.07. The van der Waals surface area contributed by atoms with Crippen molar-refractivity contribution in [3.05, 3.63) is 59.9 Å². The van der Waals surface area contributed by atoms with Gasteiger partial charge < -0.3 is 20.7 Å². The number of nitrogens with one attached hydrogen (secondary N) is 1. The Bertz CT molecular complexity index is 1210. The number of fused-ring (bicyclic) bond motifs is 1. The fourth-order valence-electron chi connectivity index (χ4n) is 4.27. The highest BCUT2D eigenvalue weighted by molar-refractivity contribution is 5.94. The van der Waals surface area contributed by atoms with Crippen LogP contribution < -0.4 is 15.8 Å². The highest BCUT2D eigenvalue weighted by Gasteiger charge is 2.24.